The molecule has 0 amide bonds. The zero-order valence-corrected chi connectivity index (χ0v) is 21.5. The van der Waals surface area contributed by atoms with Crippen molar-refractivity contribution in [2.24, 2.45) is 5.73 Å². The molecule has 186 valence electrons. The van der Waals surface area contributed by atoms with E-state index < -0.39 is 0 Å². The molecule has 1 saturated carbocycles. The molecule has 0 bridgehead atoms. The van der Waals surface area contributed by atoms with Crippen LogP contribution in [0.2, 0.25) is 0 Å². The molecule has 7 heteroatoms. The van der Waals surface area contributed by atoms with Gasteiger partial charge in [-0.3, -0.25) is 14.0 Å². The molecular weight excluding hydrogens is 467 g/mol. The maximum Gasteiger partial charge on any atom is 0.329 e. The van der Waals surface area contributed by atoms with Crippen molar-refractivity contribution in [2.75, 3.05) is 19.6 Å². The number of nitrogens with zero attached hydrogens (tertiary/aromatic N) is 3. The predicted molar refractivity (Wildman–Crippen MR) is 145 cm³/mol. The van der Waals surface area contributed by atoms with E-state index in [-0.39, 0.29) is 42.1 Å². The summed E-state index contributed by atoms with van der Waals surface area (Å²) in [5.41, 5.74) is 9.61. The summed E-state index contributed by atoms with van der Waals surface area (Å²) in [5, 5.41) is 0. The highest BCUT2D eigenvalue weighted by Crippen LogP contribution is 2.43. The highest BCUT2D eigenvalue weighted by Gasteiger charge is 2.40. The molecule has 0 atom stereocenters. The molecule has 1 aliphatic heterocycles. The van der Waals surface area contributed by atoms with Gasteiger partial charge >= 0.3 is 5.69 Å². The van der Waals surface area contributed by atoms with Crippen LogP contribution in [0, 0.1) is 0 Å². The van der Waals surface area contributed by atoms with Crippen LogP contribution in [0.1, 0.15) is 63.0 Å². The van der Waals surface area contributed by atoms with Crippen molar-refractivity contribution in [3.8, 4) is 0 Å². The first-order valence-electron chi connectivity index (χ1n) is 12.4. The molecule has 0 unspecified atom stereocenters. The van der Waals surface area contributed by atoms with Gasteiger partial charge in [0.05, 0.1) is 11.0 Å². The van der Waals surface area contributed by atoms with Gasteiger partial charge in [-0.05, 0) is 43.4 Å². The van der Waals surface area contributed by atoms with Crippen molar-refractivity contribution in [3.63, 3.8) is 0 Å². The van der Waals surface area contributed by atoms with Gasteiger partial charge in [0.2, 0.25) is 0 Å². The molecule has 3 aromatic rings. The molecule has 1 aliphatic carbocycles. The van der Waals surface area contributed by atoms with E-state index in [1.807, 2.05) is 22.8 Å². The molecule has 2 N–H and O–H groups in total. The summed E-state index contributed by atoms with van der Waals surface area (Å²) in [6.07, 6.45) is 9.84. The van der Waals surface area contributed by atoms with Gasteiger partial charge in [0, 0.05) is 37.8 Å². The fraction of sp³-hybridized carbons (Fsp3) is 0.519. The maximum absolute atomic E-state index is 13.3. The summed E-state index contributed by atoms with van der Waals surface area (Å²) in [6, 6.07) is 19.6. The number of piperidine rings is 1. The first-order valence-corrected chi connectivity index (χ1v) is 12.4. The third kappa shape index (κ3) is 4.81. The summed E-state index contributed by atoms with van der Waals surface area (Å²) in [4.78, 5) is 16.1. The van der Waals surface area contributed by atoms with E-state index in [0.29, 0.717) is 13.1 Å². The highest BCUT2D eigenvalue weighted by molar-refractivity contribution is 5.85. The Kier molecular flexibility index (Phi) is 9.27. The highest BCUT2D eigenvalue weighted by atomic mass is 35.5. The van der Waals surface area contributed by atoms with E-state index in [1.165, 1.54) is 44.1 Å². The first kappa shape index (κ1) is 26.8. The molecule has 34 heavy (non-hydrogen) atoms. The van der Waals surface area contributed by atoms with Gasteiger partial charge in [0.25, 0.3) is 0 Å². The fourth-order valence-electron chi connectivity index (χ4n) is 6.33. The number of rotatable bonds is 5. The van der Waals surface area contributed by atoms with Crippen molar-refractivity contribution in [2.45, 2.75) is 69.5 Å². The molecule has 2 aromatic carbocycles. The van der Waals surface area contributed by atoms with Gasteiger partial charge in [-0.1, -0.05) is 68.1 Å². The minimum absolute atomic E-state index is 0. The lowest BCUT2D eigenvalue weighted by Gasteiger charge is -2.47. The van der Waals surface area contributed by atoms with Crippen molar-refractivity contribution >= 4 is 35.8 Å². The number of halogens is 2. The Labute approximate surface area is 215 Å². The van der Waals surface area contributed by atoms with Gasteiger partial charge in [0.1, 0.15) is 0 Å². The third-order valence-electron chi connectivity index (χ3n) is 7.90. The van der Waals surface area contributed by atoms with Crippen LogP contribution in [-0.4, -0.2) is 33.7 Å². The van der Waals surface area contributed by atoms with Crippen LogP contribution >= 0.6 is 24.8 Å². The number of hydrogen-bond donors (Lipinski definition) is 1. The lowest BCUT2D eigenvalue weighted by molar-refractivity contribution is 0.0354. The maximum atomic E-state index is 13.3. The van der Waals surface area contributed by atoms with Gasteiger partial charge in [-0.25, -0.2) is 4.79 Å². The normalized spacial score (nSPS) is 19.2. The van der Waals surface area contributed by atoms with Crippen molar-refractivity contribution in [1.82, 2.24) is 14.0 Å². The summed E-state index contributed by atoms with van der Waals surface area (Å²) in [7, 11) is 0. The molecule has 5 nitrogen and oxygen atoms in total. The van der Waals surface area contributed by atoms with E-state index >= 15 is 0 Å². The second-order valence-corrected chi connectivity index (χ2v) is 9.61. The molecule has 0 spiro atoms. The topological polar surface area (TPSA) is 56.2 Å². The molecular formula is C27H38Cl2N4O. The van der Waals surface area contributed by atoms with Crippen LogP contribution in [-0.2, 0) is 12.1 Å². The molecule has 2 fully saturated rings. The van der Waals surface area contributed by atoms with E-state index in [2.05, 4.69) is 45.9 Å². The Morgan fingerprint density at radius 1 is 0.824 bits per heavy atom. The molecule has 1 aromatic heterocycles. The average molecular weight is 506 g/mol. The number of para-hydroxylation sites is 2. The smallest absolute Gasteiger partial charge is 0.329 e. The molecule has 2 heterocycles. The fourth-order valence-corrected chi connectivity index (χ4v) is 6.33. The quantitative estimate of drug-likeness (QED) is 0.467. The Bertz CT molecular complexity index is 1090. The minimum Gasteiger partial charge on any atom is -0.329 e. The number of imidazole rings is 1. The number of hydrogen-bond acceptors (Lipinski definition) is 3. The summed E-state index contributed by atoms with van der Waals surface area (Å²) in [6.45, 7) is 3.14. The standard InChI is InChI=1S/C27H36N4O.2ClH/c28-18-21-30-24-12-6-7-13-25(24)31(26(30)32)23-14-19-29(20-15-23)27(16-8-1-2-9-17-27)22-10-4-3-5-11-22;;/h3-7,10-13,23H,1-2,8-9,14-21,28H2;2*1H. The Morgan fingerprint density at radius 3 is 2.03 bits per heavy atom. The number of benzene rings is 2. The van der Waals surface area contributed by atoms with Crippen molar-refractivity contribution < 1.29 is 0 Å². The lowest BCUT2D eigenvalue weighted by atomic mass is 9.79. The van der Waals surface area contributed by atoms with Gasteiger partial charge < -0.3 is 5.73 Å². The second-order valence-electron chi connectivity index (χ2n) is 9.61. The first-order chi connectivity index (χ1) is 15.7. The zero-order valence-electron chi connectivity index (χ0n) is 19.9. The third-order valence-corrected chi connectivity index (χ3v) is 7.90. The van der Waals surface area contributed by atoms with Crippen LogP contribution in [0.3, 0.4) is 0 Å². The van der Waals surface area contributed by atoms with E-state index in [9.17, 15) is 4.79 Å². The molecule has 1 saturated heterocycles. The number of nitrogens with two attached hydrogens (primary N) is 1. The molecule has 2 aliphatic rings. The minimum atomic E-state index is 0. The van der Waals surface area contributed by atoms with Crippen LogP contribution < -0.4 is 11.4 Å². The monoisotopic (exact) mass is 504 g/mol. The summed E-state index contributed by atoms with van der Waals surface area (Å²) < 4.78 is 3.92. The zero-order chi connectivity index (χ0) is 22.0. The van der Waals surface area contributed by atoms with Crippen LogP contribution in [0.15, 0.2) is 59.4 Å². The summed E-state index contributed by atoms with van der Waals surface area (Å²) in [5.74, 6) is 0. The predicted octanol–water partition coefficient (Wildman–Crippen LogP) is 5.49. The Hall–Kier alpha value is -1.79. The van der Waals surface area contributed by atoms with Gasteiger partial charge in [0.15, 0.2) is 0 Å². The van der Waals surface area contributed by atoms with Crippen LogP contribution in [0.4, 0.5) is 0 Å². The van der Waals surface area contributed by atoms with Crippen LogP contribution in [0.5, 0.6) is 0 Å². The van der Waals surface area contributed by atoms with E-state index in [4.69, 9.17) is 5.73 Å². The number of fused-ring (bicyclic) bond motifs is 1. The van der Waals surface area contributed by atoms with Gasteiger partial charge in [-0.15, -0.1) is 24.8 Å². The lowest BCUT2D eigenvalue weighted by Crippen LogP contribution is -2.50. The second kappa shape index (κ2) is 11.8. The Balaban J connectivity index is 0.00000162. The van der Waals surface area contributed by atoms with Gasteiger partial charge in [-0.2, -0.15) is 0 Å². The van der Waals surface area contributed by atoms with E-state index in [1.54, 1.807) is 0 Å². The summed E-state index contributed by atoms with van der Waals surface area (Å²) >= 11 is 0. The average Bonchev–Trinajstić information content (AvgIpc) is 2.99. The van der Waals surface area contributed by atoms with E-state index in [0.717, 1.165) is 37.0 Å². The van der Waals surface area contributed by atoms with Crippen molar-refractivity contribution in [3.05, 3.63) is 70.6 Å². The molecule has 5 rings (SSSR count). The molecule has 0 radical (unpaired) electrons. The number of likely N-dealkylation sites (tertiary alicyclic amines) is 1. The SMILES string of the molecule is Cl.Cl.NCCn1c(=O)n(C2CCN(C3(c4ccccc4)CCCCCC3)CC2)c2ccccc21. The van der Waals surface area contributed by atoms with Crippen LogP contribution in [0.25, 0.3) is 11.0 Å². The largest absolute Gasteiger partial charge is 0.329 e. The Morgan fingerprint density at radius 2 is 1.41 bits per heavy atom. The van der Waals surface area contributed by atoms with Crippen molar-refractivity contribution in [1.29, 1.82) is 0 Å². The number of aromatic nitrogens is 2.